The van der Waals surface area contributed by atoms with E-state index < -0.39 is 5.95 Å². The summed E-state index contributed by atoms with van der Waals surface area (Å²) in [6, 6.07) is 14.9. The van der Waals surface area contributed by atoms with Crippen molar-refractivity contribution in [3.63, 3.8) is 0 Å². The number of hydrogen-bond acceptors (Lipinski definition) is 5. The summed E-state index contributed by atoms with van der Waals surface area (Å²) in [5, 5.41) is 5.31. The first kappa shape index (κ1) is 22.7. The lowest BCUT2D eigenvalue weighted by atomic mass is 10.0. The molecule has 1 amide bonds. The number of carbonyl (C=O) groups excluding carboxylic acids is 1. The summed E-state index contributed by atoms with van der Waals surface area (Å²) < 4.78 is 17.3. The number of carbonyl (C=O) groups is 1. The maximum Gasteiger partial charge on any atom is 0.274 e. The fraction of sp³-hybridized carbons (Fsp3) is 0.154. The molecule has 1 N–H and O–H groups in total. The monoisotopic (exact) mass is 486 g/mol. The van der Waals surface area contributed by atoms with Crippen LogP contribution < -0.4 is 5.32 Å². The van der Waals surface area contributed by atoms with E-state index in [0.29, 0.717) is 23.4 Å². The maximum absolute atomic E-state index is 13.4. The number of anilines is 1. The predicted octanol–water partition coefficient (Wildman–Crippen LogP) is 5.89. The van der Waals surface area contributed by atoms with Crippen LogP contribution in [0.5, 0.6) is 0 Å². The minimum atomic E-state index is -0.549. The molecule has 0 bridgehead atoms. The molecule has 0 atom stereocenters. The Hall–Kier alpha value is -4.11. The molecular weight excluding hydrogens is 463 g/mol. The van der Waals surface area contributed by atoms with Crippen LogP contribution in [0.15, 0.2) is 78.8 Å². The Bertz CT molecular complexity index is 1480. The van der Waals surface area contributed by atoms with Gasteiger partial charge in [-0.1, -0.05) is 24.3 Å². The average Bonchev–Trinajstić information content (AvgIpc) is 3.60. The smallest absolute Gasteiger partial charge is 0.274 e. The van der Waals surface area contributed by atoms with Gasteiger partial charge in [0.25, 0.3) is 5.91 Å². The van der Waals surface area contributed by atoms with Gasteiger partial charge in [0.15, 0.2) is 5.13 Å². The summed E-state index contributed by atoms with van der Waals surface area (Å²) in [6.07, 6.45) is 7.06. The van der Waals surface area contributed by atoms with E-state index in [-0.39, 0.29) is 5.91 Å². The molecule has 0 saturated carbocycles. The lowest BCUT2D eigenvalue weighted by Gasteiger charge is -2.09. The summed E-state index contributed by atoms with van der Waals surface area (Å²) >= 11 is 1.36. The molecule has 0 aliphatic carbocycles. The summed E-state index contributed by atoms with van der Waals surface area (Å²) in [6.45, 7) is 4.58. The van der Waals surface area contributed by atoms with Crippen LogP contribution in [0, 0.1) is 5.95 Å². The highest BCUT2D eigenvalue weighted by molar-refractivity contribution is 7.14. The number of halogens is 1. The van der Waals surface area contributed by atoms with Gasteiger partial charge in [0, 0.05) is 47.7 Å². The largest absolute Gasteiger partial charge is 0.339 e. The van der Waals surface area contributed by atoms with Crippen LogP contribution >= 0.6 is 11.3 Å². The highest BCUT2D eigenvalue weighted by atomic mass is 32.1. The van der Waals surface area contributed by atoms with Crippen LogP contribution in [0.3, 0.4) is 0 Å². The van der Waals surface area contributed by atoms with Crippen molar-refractivity contribution in [1.29, 1.82) is 0 Å². The van der Waals surface area contributed by atoms with Crippen molar-refractivity contribution in [2.75, 3.05) is 5.32 Å². The second-order valence-corrected chi connectivity index (χ2v) is 9.20. The number of rotatable bonds is 7. The van der Waals surface area contributed by atoms with Crippen LogP contribution in [0.4, 0.5) is 9.52 Å². The van der Waals surface area contributed by atoms with Crippen molar-refractivity contribution in [2.45, 2.75) is 26.4 Å². The third-order valence-corrected chi connectivity index (χ3v) is 6.37. The van der Waals surface area contributed by atoms with E-state index in [1.807, 2.05) is 42.2 Å². The SMILES string of the molecule is CC(C)n1cnc(-c2ccccc2-c2csc(NC(=O)c3cccn3Cc3ccnc(F)c3)n2)c1. The molecule has 4 aromatic heterocycles. The molecule has 0 saturated heterocycles. The Kier molecular flexibility index (Phi) is 6.24. The van der Waals surface area contributed by atoms with Crippen LogP contribution in [0.2, 0.25) is 0 Å². The van der Waals surface area contributed by atoms with Gasteiger partial charge in [-0.2, -0.15) is 4.39 Å². The third kappa shape index (κ3) is 4.90. The first-order valence-electron chi connectivity index (χ1n) is 11.1. The lowest BCUT2D eigenvalue weighted by molar-refractivity contribution is 0.101. The molecule has 0 spiro atoms. The summed E-state index contributed by atoms with van der Waals surface area (Å²) in [4.78, 5) is 25.8. The molecule has 9 heteroatoms. The molecular formula is C26H23FN6OS. The quantitative estimate of drug-likeness (QED) is 0.291. The molecule has 7 nitrogen and oxygen atoms in total. The van der Waals surface area contributed by atoms with E-state index in [4.69, 9.17) is 0 Å². The van der Waals surface area contributed by atoms with Crippen LogP contribution in [0.1, 0.15) is 35.9 Å². The summed E-state index contributed by atoms with van der Waals surface area (Å²) in [5.41, 5.74) is 4.74. The van der Waals surface area contributed by atoms with Crippen molar-refractivity contribution in [3.8, 4) is 22.5 Å². The van der Waals surface area contributed by atoms with Crippen LogP contribution in [0.25, 0.3) is 22.5 Å². The van der Waals surface area contributed by atoms with Crippen LogP contribution in [-0.2, 0) is 6.54 Å². The number of aromatic nitrogens is 5. The highest BCUT2D eigenvalue weighted by Crippen LogP contribution is 2.33. The lowest BCUT2D eigenvalue weighted by Crippen LogP contribution is -2.17. The number of hydrogen-bond donors (Lipinski definition) is 1. The molecule has 0 aliphatic rings. The first-order chi connectivity index (χ1) is 17.0. The third-order valence-electron chi connectivity index (χ3n) is 5.61. The number of amides is 1. The Balaban J connectivity index is 1.36. The standard InChI is InChI=1S/C26H23FN6OS/c1-17(2)33-14-21(29-16-33)19-6-3-4-7-20(19)22-15-35-26(30-22)31-25(34)23-8-5-11-32(23)13-18-9-10-28-24(27)12-18/h3-12,14-17H,13H2,1-2H3,(H,30,31,34). The molecule has 0 aliphatic heterocycles. The van der Waals surface area contributed by atoms with Gasteiger partial charge >= 0.3 is 0 Å². The van der Waals surface area contributed by atoms with Gasteiger partial charge in [0.1, 0.15) is 5.69 Å². The topological polar surface area (TPSA) is 77.6 Å². The summed E-state index contributed by atoms with van der Waals surface area (Å²) in [5.74, 6) is -0.832. The molecule has 0 radical (unpaired) electrons. The van der Waals surface area contributed by atoms with Gasteiger partial charge in [0.05, 0.1) is 17.7 Å². The van der Waals surface area contributed by atoms with Crippen LogP contribution in [-0.4, -0.2) is 30.0 Å². The second kappa shape index (κ2) is 9.63. The molecule has 35 heavy (non-hydrogen) atoms. The Morgan fingerprint density at radius 1 is 1.09 bits per heavy atom. The van der Waals surface area contributed by atoms with Crippen molar-refractivity contribution in [3.05, 3.63) is 96.0 Å². The van der Waals surface area contributed by atoms with Gasteiger partial charge in [-0.3, -0.25) is 10.1 Å². The minimum Gasteiger partial charge on any atom is -0.339 e. The van der Waals surface area contributed by atoms with E-state index in [1.165, 1.54) is 23.6 Å². The normalized spacial score (nSPS) is 11.2. The highest BCUT2D eigenvalue weighted by Gasteiger charge is 2.16. The van der Waals surface area contributed by atoms with E-state index in [1.54, 1.807) is 29.0 Å². The summed E-state index contributed by atoms with van der Waals surface area (Å²) in [7, 11) is 0. The van der Waals surface area contributed by atoms with Gasteiger partial charge in [-0.25, -0.2) is 15.0 Å². The van der Waals surface area contributed by atoms with E-state index in [0.717, 1.165) is 28.1 Å². The Morgan fingerprint density at radius 3 is 2.63 bits per heavy atom. The van der Waals surface area contributed by atoms with Gasteiger partial charge < -0.3 is 9.13 Å². The predicted molar refractivity (Wildman–Crippen MR) is 135 cm³/mol. The first-order valence-corrected chi connectivity index (χ1v) is 12.0. The number of pyridine rings is 1. The molecule has 4 heterocycles. The van der Waals surface area contributed by atoms with Crippen molar-refractivity contribution in [1.82, 2.24) is 24.1 Å². The minimum absolute atomic E-state index is 0.283. The molecule has 0 fully saturated rings. The zero-order chi connectivity index (χ0) is 24.4. The number of nitrogens with zero attached hydrogens (tertiary/aromatic N) is 5. The van der Waals surface area contributed by atoms with Gasteiger partial charge in [-0.15, -0.1) is 11.3 Å². The van der Waals surface area contributed by atoms with Crippen molar-refractivity contribution >= 4 is 22.4 Å². The molecule has 1 aromatic carbocycles. The zero-order valence-corrected chi connectivity index (χ0v) is 20.0. The number of imidazole rings is 1. The van der Waals surface area contributed by atoms with Gasteiger partial charge in [0.2, 0.25) is 5.95 Å². The fourth-order valence-corrected chi connectivity index (χ4v) is 4.51. The number of thiazole rings is 1. The number of nitrogens with one attached hydrogen (secondary N) is 1. The van der Waals surface area contributed by atoms with E-state index in [2.05, 4.69) is 38.7 Å². The zero-order valence-electron chi connectivity index (χ0n) is 19.2. The molecule has 5 rings (SSSR count). The van der Waals surface area contributed by atoms with E-state index in [9.17, 15) is 9.18 Å². The maximum atomic E-state index is 13.4. The Labute approximate surface area is 205 Å². The van der Waals surface area contributed by atoms with Gasteiger partial charge in [-0.05, 0) is 43.7 Å². The van der Waals surface area contributed by atoms with Crippen molar-refractivity contribution in [2.24, 2.45) is 0 Å². The number of benzene rings is 1. The average molecular weight is 487 g/mol. The van der Waals surface area contributed by atoms with E-state index >= 15 is 0 Å². The Morgan fingerprint density at radius 2 is 1.89 bits per heavy atom. The fourth-order valence-electron chi connectivity index (χ4n) is 3.80. The second-order valence-electron chi connectivity index (χ2n) is 8.35. The molecule has 0 unspecified atom stereocenters. The molecule has 176 valence electrons. The molecule has 5 aromatic rings. The van der Waals surface area contributed by atoms with Crippen molar-refractivity contribution < 1.29 is 9.18 Å².